The average molecular weight is 488 g/mol. The van der Waals surface area contributed by atoms with Crippen molar-refractivity contribution < 1.29 is 22.7 Å². The van der Waals surface area contributed by atoms with Gasteiger partial charge in [-0.3, -0.25) is 14.3 Å². The zero-order valence-electron chi connectivity index (χ0n) is 20.1. The van der Waals surface area contributed by atoms with Crippen LogP contribution in [0.2, 0.25) is 0 Å². The Bertz CT molecular complexity index is 1110. The van der Waals surface area contributed by atoms with Crippen LogP contribution in [-0.4, -0.2) is 51.4 Å². The first-order valence-electron chi connectivity index (χ1n) is 11.5. The van der Waals surface area contributed by atoms with Gasteiger partial charge in [0.05, 0.1) is 17.7 Å². The zero-order chi connectivity index (χ0) is 24.9. The largest absolute Gasteiger partial charge is 0.495 e. The number of hydrogen-bond acceptors (Lipinski definition) is 5. The molecule has 0 bridgehead atoms. The first-order chi connectivity index (χ1) is 16.1. The van der Waals surface area contributed by atoms with Crippen LogP contribution in [0.15, 0.2) is 53.4 Å². The summed E-state index contributed by atoms with van der Waals surface area (Å²) >= 11 is 0. The smallest absolute Gasteiger partial charge is 0.262 e. The lowest BCUT2D eigenvalue weighted by molar-refractivity contribution is -0.127. The van der Waals surface area contributed by atoms with Crippen LogP contribution in [0.5, 0.6) is 5.75 Å². The second-order valence-electron chi connectivity index (χ2n) is 8.94. The number of carbonyl (C=O) groups is 2. The van der Waals surface area contributed by atoms with Crippen LogP contribution >= 0.6 is 0 Å². The molecule has 2 aromatic carbocycles. The summed E-state index contributed by atoms with van der Waals surface area (Å²) in [5.41, 5.74) is 0.743. The Morgan fingerprint density at radius 1 is 1.00 bits per heavy atom. The van der Waals surface area contributed by atoms with Gasteiger partial charge in [0.15, 0.2) is 0 Å². The summed E-state index contributed by atoms with van der Waals surface area (Å²) in [5.74, 6) is 0.552. The number of nitrogens with one attached hydrogen (secondary N) is 2. The normalized spacial score (nSPS) is 15.6. The molecule has 1 unspecified atom stereocenters. The SMILES string of the molecule is COc1ccccc1NS(=O)(=O)c1ccc(C(=O)N2CCC(C(=O)NC(C)C(C)C)CC2)cc1. The molecule has 1 atom stereocenters. The van der Waals surface area contributed by atoms with Gasteiger partial charge in [0.25, 0.3) is 15.9 Å². The number of amides is 2. The fourth-order valence-electron chi connectivity index (χ4n) is 3.75. The molecule has 1 aliphatic rings. The van der Waals surface area contributed by atoms with Gasteiger partial charge in [-0.2, -0.15) is 0 Å². The van der Waals surface area contributed by atoms with Crippen molar-refractivity contribution in [3.63, 3.8) is 0 Å². The van der Waals surface area contributed by atoms with E-state index in [1.165, 1.54) is 31.4 Å². The van der Waals surface area contributed by atoms with Crippen molar-refractivity contribution in [1.82, 2.24) is 10.2 Å². The van der Waals surface area contributed by atoms with Gasteiger partial charge in [0.1, 0.15) is 5.75 Å². The zero-order valence-corrected chi connectivity index (χ0v) is 20.9. The van der Waals surface area contributed by atoms with Crippen LogP contribution in [-0.2, 0) is 14.8 Å². The fourth-order valence-corrected chi connectivity index (χ4v) is 4.82. The molecule has 3 rings (SSSR count). The van der Waals surface area contributed by atoms with Gasteiger partial charge in [-0.25, -0.2) is 8.42 Å². The van der Waals surface area contributed by atoms with E-state index in [0.717, 1.165) is 0 Å². The number of benzene rings is 2. The van der Waals surface area contributed by atoms with Gasteiger partial charge in [-0.15, -0.1) is 0 Å². The van der Waals surface area contributed by atoms with Crippen molar-refractivity contribution in [1.29, 1.82) is 0 Å². The van der Waals surface area contributed by atoms with Crippen molar-refractivity contribution in [2.75, 3.05) is 24.9 Å². The molecule has 0 aliphatic carbocycles. The molecule has 9 heteroatoms. The third-order valence-corrected chi connectivity index (χ3v) is 7.67. The predicted molar refractivity (Wildman–Crippen MR) is 131 cm³/mol. The lowest BCUT2D eigenvalue weighted by Crippen LogP contribution is -2.45. The number of piperidine rings is 1. The second-order valence-corrected chi connectivity index (χ2v) is 10.6. The minimum atomic E-state index is -3.85. The van der Waals surface area contributed by atoms with Gasteiger partial charge in [0, 0.05) is 30.6 Å². The van der Waals surface area contributed by atoms with Crippen molar-refractivity contribution in [3.8, 4) is 5.75 Å². The number of rotatable bonds is 8. The van der Waals surface area contributed by atoms with Crippen LogP contribution in [0.25, 0.3) is 0 Å². The van der Waals surface area contributed by atoms with E-state index in [9.17, 15) is 18.0 Å². The van der Waals surface area contributed by atoms with Crippen molar-refractivity contribution >= 4 is 27.5 Å². The molecular weight excluding hydrogens is 454 g/mol. The van der Waals surface area contributed by atoms with Gasteiger partial charge in [0.2, 0.25) is 5.91 Å². The predicted octanol–water partition coefficient (Wildman–Crippen LogP) is 3.51. The summed E-state index contributed by atoms with van der Waals surface area (Å²) < 4.78 is 33.3. The minimum Gasteiger partial charge on any atom is -0.495 e. The Morgan fingerprint density at radius 2 is 1.62 bits per heavy atom. The highest BCUT2D eigenvalue weighted by Gasteiger charge is 2.29. The molecule has 0 saturated carbocycles. The maximum absolute atomic E-state index is 12.9. The molecule has 34 heavy (non-hydrogen) atoms. The summed E-state index contributed by atoms with van der Waals surface area (Å²) in [5, 5.41) is 3.06. The van der Waals surface area contributed by atoms with Gasteiger partial charge in [-0.1, -0.05) is 26.0 Å². The molecule has 2 aromatic rings. The number of sulfonamides is 1. The standard InChI is InChI=1S/C25H33N3O5S/c1-17(2)18(3)26-24(29)19-13-15-28(16-14-19)25(30)20-9-11-21(12-10-20)34(31,32)27-22-7-5-6-8-23(22)33-4/h5-12,17-19,27H,13-16H2,1-4H3,(H,26,29). The van der Waals surface area contributed by atoms with Crippen LogP contribution in [0.1, 0.15) is 44.0 Å². The van der Waals surface area contributed by atoms with Crippen LogP contribution in [0.4, 0.5) is 5.69 Å². The molecule has 2 N–H and O–H groups in total. The van der Waals surface area contributed by atoms with E-state index in [0.29, 0.717) is 48.8 Å². The Morgan fingerprint density at radius 3 is 2.21 bits per heavy atom. The summed E-state index contributed by atoms with van der Waals surface area (Å²) in [6, 6.07) is 12.7. The highest BCUT2D eigenvalue weighted by Crippen LogP contribution is 2.26. The topological polar surface area (TPSA) is 105 Å². The van der Waals surface area contributed by atoms with E-state index in [1.54, 1.807) is 29.2 Å². The third kappa shape index (κ3) is 6.08. The van der Waals surface area contributed by atoms with Gasteiger partial charge >= 0.3 is 0 Å². The van der Waals surface area contributed by atoms with E-state index in [1.807, 2.05) is 6.92 Å². The molecular formula is C25H33N3O5S. The number of para-hydroxylation sites is 2. The highest BCUT2D eigenvalue weighted by atomic mass is 32.2. The van der Waals surface area contributed by atoms with E-state index in [-0.39, 0.29) is 28.7 Å². The molecule has 1 fully saturated rings. The van der Waals surface area contributed by atoms with Crippen molar-refractivity contribution in [3.05, 3.63) is 54.1 Å². The number of likely N-dealkylation sites (tertiary alicyclic amines) is 1. The number of carbonyl (C=O) groups excluding carboxylic acids is 2. The number of hydrogen-bond donors (Lipinski definition) is 2. The van der Waals surface area contributed by atoms with E-state index >= 15 is 0 Å². The van der Waals surface area contributed by atoms with Crippen LogP contribution < -0.4 is 14.8 Å². The average Bonchev–Trinajstić information content (AvgIpc) is 2.83. The third-order valence-electron chi connectivity index (χ3n) is 6.29. The Hall–Kier alpha value is -3.07. The lowest BCUT2D eigenvalue weighted by atomic mass is 9.94. The molecule has 184 valence electrons. The molecule has 1 saturated heterocycles. The summed E-state index contributed by atoms with van der Waals surface area (Å²) in [4.78, 5) is 27.2. The molecule has 2 amide bonds. The molecule has 8 nitrogen and oxygen atoms in total. The van der Waals surface area contributed by atoms with Crippen LogP contribution in [0.3, 0.4) is 0 Å². The number of methoxy groups -OCH3 is 1. The van der Waals surface area contributed by atoms with Crippen LogP contribution in [0, 0.1) is 11.8 Å². The molecule has 1 heterocycles. The maximum Gasteiger partial charge on any atom is 0.262 e. The van der Waals surface area contributed by atoms with E-state index < -0.39 is 10.0 Å². The van der Waals surface area contributed by atoms with Crippen molar-refractivity contribution in [2.45, 2.75) is 44.6 Å². The second kappa shape index (κ2) is 10.9. The van der Waals surface area contributed by atoms with Gasteiger partial charge in [-0.05, 0) is 62.1 Å². The first-order valence-corrected chi connectivity index (χ1v) is 13.0. The Balaban J connectivity index is 1.61. The molecule has 1 aliphatic heterocycles. The lowest BCUT2D eigenvalue weighted by Gasteiger charge is -2.32. The van der Waals surface area contributed by atoms with Crippen molar-refractivity contribution in [2.24, 2.45) is 11.8 Å². The highest BCUT2D eigenvalue weighted by molar-refractivity contribution is 7.92. The van der Waals surface area contributed by atoms with E-state index in [4.69, 9.17) is 4.74 Å². The van der Waals surface area contributed by atoms with E-state index in [2.05, 4.69) is 23.9 Å². The number of anilines is 1. The molecule has 0 radical (unpaired) electrons. The number of nitrogens with zero attached hydrogens (tertiary/aromatic N) is 1. The molecule has 0 aromatic heterocycles. The maximum atomic E-state index is 12.9. The fraction of sp³-hybridized carbons (Fsp3) is 0.440. The summed E-state index contributed by atoms with van der Waals surface area (Å²) in [6.07, 6.45) is 1.22. The summed E-state index contributed by atoms with van der Waals surface area (Å²) in [7, 11) is -2.38. The number of ether oxygens (including phenoxy) is 1. The molecule has 0 spiro atoms. The Labute approximate surface area is 201 Å². The van der Waals surface area contributed by atoms with Gasteiger partial charge < -0.3 is 15.0 Å². The first kappa shape index (κ1) is 25.6. The monoisotopic (exact) mass is 487 g/mol. The minimum absolute atomic E-state index is 0.0459. The quantitative estimate of drug-likeness (QED) is 0.593. The summed E-state index contributed by atoms with van der Waals surface area (Å²) in [6.45, 7) is 7.11. The Kier molecular flexibility index (Phi) is 8.19.